The van der Waals surface area contributed by atoms with E-state index in [1.54, 1.807) is 24.3 Å². The Morgan fingerprint density at radius 1 is 1.19 bits per heavy atom. The Morgan fingerprint density at radius 3 is 2.48 bits per heavy atom. The molecule has 0 aliphatic rings. The molecule has 0 atom stereocenters. The van der Waals surface area contributed by atoms with Crippen LogP contribution in [0.15, 0.2) is 45.7 Å². The number of nitrogens with zero attached hydrogens (tertiary/aromatic N) is 1. The lowest BCUT2D eigenvalue weighted by Crippen LogP contribution is -2.16. The molecule has 21 heavy (non-hydrogen) atoms. The predicted molar refractivity (Wildman–Crippen MR) is 76.6 cm³/mol. The first-order valence-corrected chi connectivity index (χ1v) is 7.85. The van der Waals surface area contributed by atoms with E-state index in [1.807, 2.05) is 6.07 Å². The Morgan fingerprint density at radius 2 is 1.90 bits per heavy atom. The molecule has 3 N–H and O–H groups in total. The first-order valence-electron chi connectivity index (χ1n) is 6.30. The van der Waals surface area contributed by atoms with Crippen molar-refractivity contribution in [3.05, 3.63) is 53.5 Å². The second-order valence-electron chi connectivity index (χ2n) is 4.49. The van der Waals surface area contributed by atoms with Gasteiger partial charge in [0.05, 0.1) is 11.4 Å². The minimum Gasteiger partial charge on any atom is -0.449 e. The van der Waals surface area contributed by atoms with Gasteiger partial charge in [-0.3, -0.25) is 0 Å². The molecule has 1 heterocycles. The molecule has 0 bridgehead atoms. The van der Waals surface area contributed by atoms with Gasteiger partial charge in [-0.1, -0.05) is 12.1 Å². The van der Waals surface area contributed by atoms with E-state index in [4.69, 9.17) is 14.8 Å². The van der Waals surface area contributed by atoms with Crippen LogP contribution in [0.1, 0.15) is 17.1 Å². The van der Waals surface area contributed by atoms with Crippen LogP contribution in [0.4, 0.5) is 0 Å². The summed E-state index contributed by atoms with van der Waals surface area (Å²) in [6.45, 7) is 1.24. The van der Waals surface area contributed by atoms with Gasteiger partial charge in [-0.25, -0.2) is 13.6 Å². The highest BCUT2D eigenvalue weighted by molar-refractivity contribution is 7.89. The number of hydrogen-bond donors (Lipinski definition) is 2. The Bertz CT molecular complexity index is 743. The van der Waals surface area contributed by atoms with E-state index in [9.17, 15) is 8.42 Å². The van der Waals surface area contributed by atoms with Crippen LogP contribution in [0.3, 0.4) is 0 Å². The zero-order valence-electron chi connectivity index (χ0n) is 11.2. The van der Waals surface area contributed by atoms with E-state index in [0.717, 1.165) is 12.0 Å². The summed E-state index contributed by atoms with van der Waals surface area (Å²) >= 11 is 0. The number of nitrogens with two attached hydrogens (primary N) is 1. The molecular weight excluding hydrogens is 290 g/mol. The van der Waals surface area contributed by atoms with Gasteiger partial charge in [-0.2, -0.15) is 5.26 Å². The molecule has 2 aromatic rings. The summed E-state index contributed by atoms with van der Waals surface area (Å²) in [5.41, 5.74) is 1.01. The zero-order valence-corrected chi connectivity index (χ0v) is 12.1. The number of hydrogen-bond acceptors (Lipinski definition) is 5. The van der Waals surface area contributed by atoms with Crippen LogP contribution in [-0.2, 0) is 23.0 Å². The van der Waals surface area contributed by atoms with Crippen LogP contribution < -0.4 is 10.5 Å². The van der Waals surface area contributed by atoms with Crippen molar-refractivity contribution in [1.29, 1.82) is 5.26 Å². The number of furan rings is 1. The second kappa shape index (κ2) is 6.54. The molecule has 0 fully saturated rings. The van der Waals surface area contributed by atoms with Crippen molar-refractivity contribution in [3.63, 3.8) is 0 Å². The number of nitrogens with one attached hydrogen (secondary N) is 1. The van der Waals surface area contributed by atoms with Crippen molar-refractivity contribution in [2.45, 2.75) is 17.9 Å². The molecule has 2 rings (SSSR count). The molecule has 7 heteroatoms. The van der Waals surface area contributed by atoms with Crippen molar-refractivity contribution >= 4 is 10.0 Å². The molecule has 0 spiro atoms. The molecule has 1 aromatic carbocycles. The highest BCUT2D eigenvalue weighted by Crippen LogP contribution is 2.09. The number of primary sulfonamides is 1. The molecule has 0 aliphatic carbocycles. The largest absolute Gasteiger partial charge is 0.449 e. The van der Waals surface area contributed by atoms with Gasteiger partial charge in [0.1, 0.15) is 11.8 Å². The molecule has 0 amide bonds. The van der Waals surface area contributed by atoms with Gasteiger partial charge in [-0.15, -0.1) is 0 Å². The van der Waals surface area contributed by atoms with Gasteiger partial charge in [0, 0.05) is 0 Å². The predicted octanol–water partition coefficient (Wildman–Crippen LogP) is 1.13. The molecule has 0 aliphatic heterocycles. The Labute approximate surface area is 123 Å². The number of sulfonamides is 1. The summed E-state index contributed by atoms with van der Waals surface area (Å²) in [7, 11) is -3.64. The van der Waals surface area contributed by atoms with Crippen molar-refractivity contribution in [2.75, 3.05) is 6.54 Å². The standard InChI is InChI=1S/C14H15N3O3S/c15-9-12-3-4-13(20-12)10-17-8-7-11-1-5-14(6-2-11)21(16,18)19/h1-6,17H,7-8,10H2,(H2,16,18,19). The van der Waals surface area contributed by atoms with Crippen molar-refractivity contribution in [1.82, 2.24) is 5.32 Å². The third-order valence-corrected chi connectivity index (χ3v) is 3.84. The van der Waals surface area contributed by atoms with E-state index < -0.39 is 10.0 Å². The minimum atomic E-state index is -3.64. The molecule has 110 valence electrons. The topological polar surface area (TPSA) is 109 Å². The van der Waals surface area contributed by atoms with Gasteiger partial charge in [0.25, 0.3) is 0 Å². The minimum absolute atomic E-state index is 0.110. The first kappa shape index (κ1) is 15.3. The van der Waals surface area contributed by atoms with Crippen LogP contribution in [-0.4, -0.2) is 15.0 Å². The Kier molecular flexibility index (Phi) is 4.75. The summed E-state index contributed by atoms with van der Waals surface area (Å²) in [6.07, 6.45) is 0.747. The number of rotatable bonds is 6. The fraction of sp³-hybridized carbons (Fsp3) is 0.214. The molecule has 0 saturated carbocycles. The second-order valence-corrected chi connectivity index (χ2v) is 6.05. The van der Waals surface area contributed by atoms with Gasteiger partial charge >= 0.3 is 0 Å². The highest BCUT2D eigenvalue weighted by Gasteiger charge is 2.06. The average molecular weight is 305 g/mol. The first-order chi connectivity index (χ1) is 9.99. The summed E-state index contributed by atoms with van der Waals surface area (Å²) in [5.74, 6) is 1.00. The molecule has 0 saturated heterocycles. The van der Waals surface area contributed by atoms with Crippen LogP contribution in [0.25, 0.3) is 0 Å². The number of nitriles is 1. The fourth-order valence-electron chi connectivity index (χ4n) is 1.82. The van der Waals surface area contributed by atoms with Crippen LogP contribution in [0.5, 0.6) is 0 Å². The molecular formula is C14H15N3O3S. The maximum Gasteiger partial charge on any atom is 0.238 e. The lowest BCUT2D eigenvalue weighted by Gasteiger charge is -2.04. The van der Waals surface area contributed by atoms with Gasteiger partial charge in [-0.05, 0) is 42.8 Å². The van der Waals surface area contributed by atoms with E-state index in [0.29, 0.717) is 24.6 Å². The van der Waals surface area contributed by atoms with Crippen molar-refractivity contribution < 1.29 is 12.8 Å². The van der Waals surface area contributed by atoms with Gasteiger partial charge in [0.2, 0.25) is 15.8 Å². The van der Waals surface area contributed by atoms with Gasteiger partial charge in [0.15, 0.2) is 0 Å². The molecule has 6 nitrogen and oxygen atoms in total. The smallest absolute Gasteiger partial charge is 0.238 e. The Hall–Kier alpha value is -2.14. The van der Waals surface area contributed by atoms with Gasteiger partial charge < -0.3 is 9.73 Å². The van der Waals surface area contributed by atoms with Crippen LogP contribution in [0.2, 0.25) is 0 Å². The third kappa shape index (κ3) is 4.43. The highest BCUT2D eigenvalue weighted by atomic mass is 32.2. The molecule has 0 radical (unpaired) electrons. The maximum absolute atomic E-state index is 11.1. The summed E-state index contributed by atoms with van der Waals surface area (Å²) in [6, 6.07) is 11.8. The normalized spacial score (nSPS) is 11.2. The van der Waals surface area contributed by atoms with Crippen LogP contribution >= 0.6 is 0 Å². The van der Waals surface area contributed by atoms with Crippen molar-refractivity contribution in [3.8, 4) is 6.07 Å². The maximum atomic E-state index is 11.1. The lowest BCUT2D eigenvalue weighted by atomic mass is 10.1. The quantitative estimate of drug-likeness (QED) is 0.778. The van der Waals surface area contributed by atoms with E-state index >= 15 is 0 Å². The molecule has 1 aromatic heterocycles. The third-order valence-electron chi connectivity index (χ3n) is 2.91. The number of benzene rings is 1. The summed E-state index contributed by atoms with van der Waals surface area (Å²) in [5, 5.41) is 16.9. The zero-order chi connectivity index (χ0) is 15.3. The lowest BCUT2D eigenvalue weighted by molar-refractivity contribution is 0.475. The average Bonchev–Trinajstić information content (AvgIpc) is 2.91. The Balaban J connectivity index is 1.80. The van der Waals surface area contributed by atoms with E-state index in [-0.39, 0.29) is 4.90 Å². The monoisotopic (exact) mass is 305 g/mol. The fourth-order valence-corrected chi connectivity index (χ4v) is 2.34. The SMILES string of the molecule is N#Cc1ccc(CNCCc2ccc(S(N)(=O)=O)cc2)o1. The van der Waals surface area contributed by atoms with Crippen LogP contribution in [0, 0.1) is 11.3 Å². The van der Waals surface area contributed by atoms with Crippen molar-refractivity contribution in [2.24, 2.45) is 5.14 Å². The van der Waals surface area contributed by atoms with E-state index in [2.05, 4.69) is 5.32 Å². The summed E-state index contributed by atoms with van der Waals surface area (Å²) in [4.78, 5) is 0.110. The molecule has 0 unspecified atom stereocenters. The van der Waals surface area contributed by atoms with E-state index in [1.165, 1.54) is 12.1 Å². The summed E-state index contributed by atoms with van der Waals surface area (Å²) < 4.78 is 27.5.